The molecule has 3 nitrogen and oxygen atoms in total. The quantitative estimate of drug-likeness (QED) is 0.577. The maximum Gasteiger partial charge on any atom is 0.407 e. The lowest BCUT2D eigenvalue weighted by Gasteiger charge is -2.20. The highest BCUT2D eigenvalue weighted by Gasteiger charge is 2.43. The van der Waals surface area contributed by atoms with E-state index in [1.54, 1.807) is 7.05 Å². The minimum atomic E-state index is -0.824. The Morgan fingerprint density at radius 2 is 2.11 bits per heavy atom. The van der Waals surface area contributed by atoms with Crippen molar-refractivity contribution in [2.45, 2.75) is 25.3 Å². The van der Waals surface area contributed by atoms with Gasteiger partial charge in [-0.2, -0.15) is 0 Å². The lowest BCUT2D eigenvalue weighted by Crippen LogP contribution is -2.35. The van der Waals surface area contributed by atoms with Gasteiger partial charge in [0.05, 0.1) is 0 Å². The predicted molar refractivity (Wildman–Crippen MR) is 33.4 cm³/mol. The van der Waals surface area contributed by atoms with Crippen LogP contribution in [0.15, 0.2) is 0 Å². The van der Waals surface area contributed by atoms with Crippen LogP contribution in [0.4, 0.5) is 4.79 Å². The molecule has 1 fully saturated rings. The van der Waals surface area contributed by atoms with Crippen molar-refractivity contribution < 1.29 is 9.90 Å². The van der Waals surface area contributed by atoms with Crippen LogP contribution >= 0.6 is 0 Å². The molecule has 0 bridgehead atoms. The van der Waals surface area contributed by atoms with E-state index in [0.29, 0.717) is 0 Å². The predicted octanol–water partition coefficient (Wildman–Crippen LogP) is 1.15. The van der Waals surface area contributed by atoms with E-state index in [1.165, 1.54) is 4.90 Å². The molecule has 0 saturated heterocycles. The lowest BCUT2D eigenvalue weighted by atomic mass is 10.3. The van der Waals surface area contributed by atoms with Gasteiger partial charge < -0.3 is 10.0 Å². The molecule has 0 aliphatic heterocycles. The van der Waals surface area contributed by atoms with E-state index in [-0.39, 0.29) is 5.54 Å². The number of rotatable bonds is 1. The Morgan fingerprint density at radius 1 is 1.67 bits per heavy atom. The van der Waals surface area contributed by atoms with E-state index < -0.39 is 6.09 Å². The van der Waals surface area contributed by atoms with E-state index in [1.807, 2.05) is 6.92 Å². The molecule has 0 heterocycles. The third kappa shape index (κ3) is 0.992. The smallest absolute Gasteiger partial charge is 0.407 e. The highest BCUT2D eigenvalue weighted by Crippen LogP contribution is 2.39. The Bertz CT molecular complexity index is 140. The average molecular weight is 129 g/mol. The molecule has 3 heteroatoms. The van der Waals surface area contributed by atoms with E-state index in [0.717, 1.165) is 12.8 Å². The van der Waals surface area contributed by atoms with Crippen LogP contribution in [-0.2, 0) is 0 Å². The molecule has 0 unspecified atom stereocenters. The summed E-state index contributed by atoms with van der Waals surface area (Å²) < 4.78 is 0. The monoisotopic (exact) mass is 129 g/mol. The van der Waals surface area contributed by atoms with Gasteiger partial charge in [-0.25, -0.2) is 4.79 Å². The first kappa shape index (κ1) is 6.39. The molecule has 1 N–H and O–H groups in total. The van der Waals surface area contributed by atoms with Crippen LogP contribution in [0.5, 0.6) is 0 Å². The van der Waals surface area contributed by atoms with Crippen molar-refractivity contribution in [2.75, 3.05) is 7.05 Å². The fourth-order valence-electron chi connectivity index (χ4n) is 0.747. The average Bonchev–Trinajstić information content (AvgIpc) is 2.47. The summed E-state index contributed by atoms with van der Waals surface area (Å²) >= 11 is 0. The number of carboxylic acid groups (broad SMARTS) is 1. The molecule has 1 aliphatic carbocycles. The van der Waals surface area contributed by atoms with Crippen LogP contribution < -0.4 is 0 Å². The second kappa shape index (κ2) is 1.62. The fraction of sp³-hybridized carbons (Fsp3) is 0.833. The molecule has 1 aliphatic rings. The third-order valence-electron chi connectivity index (χ3n) is 2.07. The summed E-state index contributed by atoms with van der Waals surface area (Å²) in [7, 11) is 1.62. The number of hydrogen-bond donors (Lipinski definition) is 1. The van der Waals surface area contributed by atoms with Gasteiger partial charge in [-0.1, -0.05) is 0 Å². The van der Waals surface area contributed by atoms with Gasteiger partial charge in [0.1, 0.15) is 0 Å². The number of amides is 1. The van der Waals surface area contributed by atoms with Gasteiger partial charge in [-0.15, -0.1) is 0 Å². The first-order valence-electron chi connectivity index (χ1n) is 3.03. The van der Waals surface area contributed by atoms with Crippen LogP contribution in [0.25, 0.3) is 0 Å². The van der Waals surface area contributed by atoms with Crippen molar-refractivity contribution in [1.29, 1.82) is 0 Å². The molecule has 0 radical (unpaired) electrons. The zero-order chi connectivity index (χ0) is 7.07. The number of nitrogens with zero attached hydrogens (tertiary/aromatic N) is 1. The molecule has 1 saturated carbocycles. The first-order valence-corrected chi connectivity index (χ1v) is 3.03. The largest absolute Gasteiger partial charge is 0.465 e. The van der Waals surface area contributed by atoms with E-state index in [4.69, 9.17) is 5.11 Å². The van der Waals surface area contributed by atoms with Crippen LogP contribution in [0, 0.1) is 0 Å². The summed E-state index contributed by atoms with van der Waals surface area (Å²) in [5.74, 6) is 0. The van der Waals surface area contributed by atoms with Crippen LogP contribution in [-0.4, -0.2) is 28.7 Å². The summed E-state index contributed by atoms with van der Waals surface area (Å²) in [6.45, 7) is 1.96. The second-order valence-corrected chi connectivity index (χ2v) is 2.84. The highest BCUT2D eigenvalue weighted by molar-refractivity contribution is 5.66. The van der Waals surface area contributed by atoms with Gasteiger partial charge in [0, 0.05) is 12.6 Å². The van der Waals surface area contributed by atoms with Crippen molar-refractivity contribution in [1.82, 2.24) is 4.90 Å². The molecule has 1 rings (SSSR count). The summed E-state index contributed by atoms with van der Waals surface area (Å²) in [6.07, 6.45) is 1.20. The van der Waals surface area contributed by atoms with E-state index >= 15 is 0 Å². The van der Waals surface area contributed by atoms with Gasteiger partial charge in [0.15, 0.2) is 0 Å². The van der Waals surface area contributed by atoms with Gasteiger partial charge in [-0.3, -0.25) is 0 Å². The molecular weight excluding hydrogens is 118 g/mol. The standard InChI is InChI=1S/C6H11NO2/c1-6(3-4-6)7(2)5(8)9/h3-4H2,1-2H3,(H,8,9). The molecule has 0 atom stereocenters. The zero-order valence-corrected chi connectivity index (χ0v) is 5.72. The Hall–Kier alpha value is -0.730. The molecule has 0 aromatic rings. The summed E-state index contributed by atoms with van der Waals surface area (Å²) in [5.41, 5.74) is -0.0359. The Morgan fingerprint density at radius 3 is 2.22 bits per heavy atom. The van der Waals surface area contributed by atoms with Gasteiger partial charge in [-0.05, 0) is 19.8 Å². The molecule has 0 spiro atoms. The summed E-state index contributed by atoms with van der Waals surface area (Å²) in [6, 6.07) is 0. The molecule has 0 aromatic carbocycles. The fourth-order valence-corrected chi connectivity index (χ4v) is 0.747. The number of hydrogen-bond acceptors (Lipinski definition) is 1. The van der Waals surface area contributed by atoms with Gasteiger partial charge in [0.2, 0.25) is 0 Å². The van der Waals surface area contributed by atoms with Crippen molar-refractivity contribution in [3.05, 3.63) is 0 Å². The zero-order valence-electron chi connectivity index (χ0n) is 5.72. The Balaban J connectivity index is 2.52. The first-order chi connectivity index (χ1) is 4.06. The third-order valence-corrected chi connectivity index (χ3v) is 2.07. The van der Waals surface area contributed by atoms with Crippen LogP contribution in [0.3, 0.4) is 0 Å². The SMILES string of the molecule is CN(C(=O)O)C1(C)CC1. The van der Waals surface area contributed by atoms with Gasteiger partial charge >= 0.3 is 6.09 Å². The molecular formula is C6H11NO2. The van der Waals surface area contributed by atoms with Crippen molar-refractivity contribution >= 4 is 6.09 Å². The topological polar surface area (TPSA) is 40.5 Å². The van der Waals surface area contributed by atoms with Gasteiger partial charge in [0.25, 0.3) is 0 Å². The lowest BCUT2D eigenvalue weighted by molar-refractivity contribution is 0.136. The summed E-state index contributed by atoms with van der Waals surface area (Å²) in [5, 5.41) is 8.48. The molecule has 0 aromatic heterocycles. The maximum atomic E-state index is 10.3. The normalized spacial score (nSPS) is 21.1. The summed E-state index contributed by atoms with van der Waals surface area (Å²) in [4.78, 5) is 11.7. The minimum Gasteiger partial charge on any atom is -0.465 e. The van der Waals surface area contributed by atoms with Crippen molar-refractivity contribution in [3.8, 4) is 0 Å². The Kier molecular flexibility index (Phi) is 1.15. The molecule has 9 heavy (non-hydrogen) atoms. The number of carbonyl (C=O) groups is 1. The van der Waals surface area contributed by atoms with Crippen LogP contribution in [0.2, 0.25) is 0 Å². The Labute approximate surface area is 54.3 Å². The highest BCUT2D eigenvalue weighted by atomic mass is 16.4. The van der Waals surface area contributed by atoms with Crippen molar-refractivity contribution in [2.24, 2.45) is 0 Å². The second-order valence-electron chi connectivity index (χ2n) is 2.84. The van der Waals surface area contributed by atoms with E-state index in [2.05, 4.69) is 0 Å². The van der Waals surface area contributed by atoms with Crippen LogP contribution in [0.1, 0.15) is 19.8 Å². The minimum absolute atomic E-state index is 0.0359. The molecule has 52 valence electrons. The maximum absolute atomic E-state index is 10.3. The van der Waals surface area contributed by atoms with Crippen molar-refractivity contribution in [3.63, 3.8) is 0 Å². The van der Waals surface area contributed by atoms with E-state index in [9.17, 15) is 4.79 Å². The molecule has 1 amide bonds.